The van der Waals surface area contributed by atoms with Crippen LogP contribution in [0, 0.1) is 17.6 Å². The Hall–Kier alpha value is -1.79. The standard InChI is InChI=1S/C17H19F2NO3/c18-14-4-1-5-15(19)13(14)6-7-16(21)20-8-2-3-12(11-20)17-22-9-10-23-17/h1,4-7,12,17H,2-3,8-11H2/b7-6+. The predicted octanol–water partition coefficient (Wildman–Crippen LogP) is 2.59. The van der Waals surface area contributed by atoms with Gasteiger partial charge in [0.2, 0.25) is 5.91 Å². The van der Waals surface area contributed by atoms with Crippen molar-refractivity contribution in [3.8, 4) is 0 Å². The highest BCUT2D eigenvalue weighted by atomic mass is 19.1. The van der Waals surface area contributed by atoms with Gasteiger partial charge in [-0.1, -0.05) is 6.07 Å². The van der Waals surface area contributed by atoms with Crippen molar-refractivity contribution in [2.45, 2.75) is 19.1 Å². The summed E-state index contributed by atoms with van der Waals surface area (Å²) in [6, 6.07) is 3.62. The van der Waals surface area contributed by atoms with Crippen molar-refractivity contribution in [1.29, 1.82) is 0 Å². The Morgan fingerprint density at radius 2 is 1.91 bits per heavy atom. The SMILES string of the molecule is O=C(/C=C/c1c(F)cccc1F)N1CCCC(C2OCCO2)C1. The zero-order valence-electron chi connectivity index (χ0n) is 12.7. The first-order valence-electron chi connectivity index (χ1n) is 7.79. The fraction of sp³-hybridized carbons (Fsp3) is 0.471. The van der Waals surface area contributed by atoms with Gasteiger partial charge in [-0.25, -0.2) is 8.78 Å². The van der Waals surface area contributed by atoms with Crippen LogP contribution < -0.4 is 0 Å². The molecule has 2 heterocycles. The number of likely N-dealkylation sites (tertiary alicyclic amines) is 1. The highest BCUT2D eigenvalue weighted by molar-refractivity contribution is 5.91. The topological polar surface area (TPSA) is 38.8 Å². The number of benzene rings is 1. The molecule has 0 spiro atoms. The van der Waals surface area contributed by atoms with Gasteiger partial charge in [-0.3, -0.25) is 4.79 Å². The average molecular weight is 323 g/mol. The maximum Gasteiger partial charge on any atom is 0.246 e. The first-order chi connectivity index (χ1) is 11.1. The van der Waals surface area contributed by atoms with Gasteiger partial charge in [0.05, 0.1) is 13.2 Å². The van der Waals surface area contributed by atoms with Crippen LogP contribution in [0.2, 0.25) is 0 Å². The van der Waals surface area contributed by atoms with Gasteiger partial charge in [0.1, 0.15) is 11.6 Å². The molecule has 1 unspecified atom stereocenters. The molecule has 0 radical (unpaired) electrons. The minimum absolute atomic E-state index is 0.147. The molecule has 0 N–H and O–H groups in total. The number of ether oxygens (including phenoxy) is 2. The van der Waals surface area contributed by atoms with Crippen LogP contribution in [0.25, 0.3) is 6.08 Å². The van der Waals surface area contributed by atoms with Crippen molar-refractivity contribution in [2.75, 3.05) is 26.3 Å². The fourth-order valence-corrected chi connectivity index (χ4v) is 3.01. The smallest absolute Gasteiger partial charge is 0.246 e. The van der Waals surface area contributed by atoms with Gasteiger partial charge in [0, 0.05) is 30.6 Å². The van der Waals surface area contributed by atoms with Crippen LogP contribution in [-0.2, 0) is 14.3 Å². The van der Waals surface area contributed by atoms with Crippen LogP contribution >= 0.6 is 0 Å². The number of carbonyl (C=O) groups excluding carboxylic acids is 1. The molecule has 2 fully saturated rings. The molecule has 4 nitrogen and oxygen atoms in total. The molecule has 23 heavy (non-hydrogen) atoms. The van der Waals surface area contributed by atoms with E-state index in [1.165, 1.54) is 30.4 Å². The van der Waals surface area contributed by atoms with Gasteiger partial charge in [0.25, 0.3) is 0 Å². The first kappa shape index (κ1) is 16.1. The molecule has 1 aromatic rings. The van der Waals surface area contributed by atoms with E-state index in [0.717, 1.165) is 12.8 Å². The molecule has 2 aliphatic rings. The molecule has 2 aliphatic heterocycles. The lowest BCUT2D eigenvalue weighted by molar-refractivity contribution is -0.134. The number of amides is 1. The maximum absolute atomic E-state index is 13.6. The second-order valence-corrected chi connectivity index (χ2v) is 5.77. The summed E-state index contributed by atoms with van der Waals surface area (Å²) in [7, 11) is 0. The molecular formula is C17H19F2NO3. The number of carbonyl (C=O) groups is 1. The maximum atomic E-state index is 13.6. The first-order valence-corrected chi connectivity index (χ1v) is 7.79. The van der Waals surface area contributed by atoms with E-state index >= 15 is 0 Å². The van der Waals surface area contributed by atoms with Crippen LogP contribution in [-0.4, -0.2) is 43.4 Å². The Balaban J connectivity index is 1.64. The van der Waals surface area contributed by atoms with Gasteiger partial charge in [-0.05, 0) is 31.1 Å². The fourth-order valence-electron chi connectivity index (χ4n) is 3.01. The van der Waals surface area contributed by atoms with Crippen LogP contribution in [0.3, 0.4) is 0 Å². The summed E-state index contributed by atoms with van der Waals surface area (Å²) in [5.41, 5.74) is -0.197. The Bertz CT molecular complexity index is 579. The number of hydrogen-bond donors (Lipinski definition) is 0. The molecule has 3 rings (SSSR count). The highest BCUT2D eigenvalue weighted by Crippen LogP contribution is 2.25. The summed E-state index contributed by atoms with van der Waals surface area (Å²) in [5, 5.41) is 0. The zero-order valence-corrected chi connectivity index (χ0v) is 12.7. The van der Waals surface area contributed by atoms with Crippen molar-refractivity contribution in [3.05, 3.63) is 41.5 Å². The number of piperidine rings is 1. The van der Waals surface area contributed by atoms with E-state index in [4.69, 9.17) is 9.47 Å². The largest absolute Gasteiger partial charge is 0.350 e. The summed E-state index contributed by atoms with van der Waals surface area (Å²) in [4.78, 5) is 13.9. The Kier molecular flexibility index (Phi) is 5.03. The van der Waals surface area contributed by atoms with Crippen molar-refractivity contribution in [3.63, 3.8) is 0 Å². The molecule has 0 aromatic heterocycles. The van der Waals surface area contributed by atoms with Crippen LogP contribution in [0.1, 0.15) is 18.4 Å². The summed E-state index contributed by atoms with van der Waals surface area (Å²) >= 11 is 0. The lowest BCUT2D eigenvalue weighted by Crippen LogP contribution is -2.43. The molecule has 1 amide bonds. The van der Waals surface area contributed by atoms with Crippen molar-refractivity contribution < 1.29 is 23.0 Å². The zero-order chi connectivity index (χ0) is 16.2. The molecule has 1 atom stereocenters. The van der Waals surface area contributed by atoms with Crippen LogP contribution in [0.15, 0.2) is 24.3 Å². The molecule has 2 saturated heterocycles. The third kappa shape index (κ3) is 3.76. The molecular weight excluding hydrogens is 304 g/mol. The monoisotopic (exact) mass is 323 g/mol. The summed E-state index contributed by atoms with van der Waals surface area (Å²) in [6.07, 6.45) is 3.97. The van der Waals surface area contributed by atoms with Crippen molar-refractivity contribution >= 4 is 12.0 Å². The molecule has 1 aromatic carbocycles. The van der Waals surface area contributed by atoms with Gasteiger partial charge in [-0.2, -0.15) is 0 Å². The quantitative estimate of drug-likeness (QED) is 0.803. The normalized spacial score (nSPS) is 22.9. The number of halogens is 2. The number of hydrogen-bond acceptors (Lipinski definition) is 3. The minimum atomic E-state index is -0.682. The van der Waals surface area contributed by atoms with Gasteiger partial charge < -0.3 is 14.4 Å². The third-order valence-corrected chi connectivity index (χ3v) is 4.19. The van der Waals surface area contributed by atoms with Crippen molar-refractivity contribution in [1.82, 2.24) is 4.90 Å². The van der Waals surface area contributed by atoms with Gasteiger partial charge >= 0.3 is 0 Å². The van der Waals surface area contributed by atoms with Crippen molar-refractivity contribution in [2.24, 2.45) is 5.92 Å². The van der Waals surface area contributed by atoms with E-state index in [1.54, 1.807) is 4.90 Å². The molecule has 0 bridgehead atoms. The second kappa shape index (κ2) is 7.19. The second-order valence-electron chi connectivity index (χ2n) is 5.77. The summed E-state index contributed by atoms with van der Waals surface area (Å²) < 4.78 is 38.1. The minimum Gasteiger partial charge on any atom is -0.350 e. The summed E-state index contributed by atoms with van der Waals surface area (Å²) in [5.74, 6) is -1.47. The highest BCUT2D eigenvalue weighted by Gasteiger charge is 2.32. The average Bonchev–Trinajstić information content (AvgIpc) is 3.09. The van der Waals surface area contributed by atoms with E-state index in [9.17, 15) is 13.6 Å². The van der Waals surface area contributed by atoms with E-state index in [2.05, 4.69) is 0 Å². The Morgan fingerprint density at radius 3 is 2.61 bits per heavy atom. The van der Waals surface area contributed by atoms with E-state index in [1.807, 2.05) is 0 Å². The van der Waals surface area contributed by atoms with E-state index in [0.29, 0.717) is 26.3 Å². The lowest BCUT2D eigenvalue weighted by atomic mass is 9.97. The van der Waals surface area contributed by atoms with E-state index < -0.39 is 11.6 Å². The number of rotatable bonds is 3. The van der Waals surface area contributed by atoms with E-state index in [-0.39, 0.29) is 23.7 Å². The Morgan fingerprint density at radius 1 is 1.22 bits per heavy atom. The molecule has 124 valence electrons. The molecule has 0 saturated carbocycles. The molecule has 0 aliphatic carbocycles. The Labute approximate surface area is 133 Å². The lowest BCUT2D eigenvalue weighted by Gasteiger charge is -2.34. The van der Waals surface area contributed by atoms with Gasteiger partial charge in [0.15, 0.2) is 6.29 Å². The van der Waals surface area contributed by atoms with Gasteiger partial charge in [-0.15, -0.1) is 0 Å². The third-order valence-electron chi connectivity index (χ3n) is 4.19. The van der Waals surface area contributed by atoms with Crippen LogP contribution in [0.4, 0.5) is 8.78 Å². The van der Waals surface area contributed by atoms with Crippen LogP contribution in [0.5, 0.6) is 0 Å². The predicted molar refractivity (Wildman–Crippen MR) is 80.4 cm³/mol. The summed E-state index contributed by atoms with van der Waals surface area (Å²) in [6.45, 7) is 2.34. The number of nitrogens with zero attached hydrogens (tertiary/aromatic N) is 1. The molecule has 6 heteroatoms.